The monoisotopic (exact) mass is 542 g/mol. The van der Waals surface area contributed by atoms with Gasteiger partial charge in [-0.15, -0.1) is 0 Å². The van der Waals surface area contributed by atoms with Gasteiger partial charge in [-0.25, -0.2) is 4.39 Å². The van der Waals surface area contributed by atoms with Gasteiger partial charge in [-0.2, -0.15) is 18.3 Å². The Balaban J connectivity index is 1.35. The van der Waals surface area contributed by atoms with E-state index in [1.165, 1.54) is 25.4 Å². The summed E-state index contributed by atoms with van der Waals surface area (Å²) >= 11 is 0. The Morgan fingerprint density at radius 1 is 1.15 bits per heavy atom. The van der Waals surface area contributed by atoms with E-state index in [-0.39, 0.29) is 42.3 Å². The average molecular weight is 542 g/mol. The second-order valence-electron chi connectivity index (χ2n) is 8.86. The van der Waals surface area contributed by atoms with Crippen LogP contribution in [0.15, 0.2) is 54.7 Å². The number of methoxy groups -OCH3 is 1. The van der Waals surface area contributed by atoms with Crippen molar-refractivity contribution in [2.45, 2.75) is 6.18 Å². The number of benzene rings is 2. The molecule has 1 fully saturated rings. The number of hydrogen-bond acceptors (Lipinski definition) is 6. The van der Waals surface area contributed by atoms with Gasteiger partial charge in [0, 0.05) is 29.7 Å². The number of amides is 2. The SMILES string of the molecule is COc1cccc(F)c1-c1cc2c(NC(=O)c3cccc(N4CCN(CC(F)(F)F)C(=O)C4)c3)n[nH]c2cn1. The van der Waals surface area contributed by atoms with E-state index in [0.717, 1.165) is 4.90 Å². The topological polar surface area (TPSA) is 103 Å². The van der Waals surface area contributed by atoms with E-state index in [1.54, 1.807) is 41.3 Å². The van der Waals surface area contributed by atoms with Crippen LogP contribution in [0.5, 0.6) is 5.75 Å². The van der Waals surface area contributed by atoms with E-state index >= 15 is 0 Å². The Hall–Kier alpha value is -4.68. The Morgan fingerprint density at radius 2 is 1.95 bits per heavy atom. The van der Waals surface area contributed by atoms with Gasteiger partial charge in [-0.1, -0.05) is 12.1 Å². The summed E-state index contributed by atoms with van der Waals surface area (Å²) in [6, 6.07) is 12.4. The smallest absolute Gasteiger partial charge is 0.406 e. The van der Waals surface area contributed by atoms with E-state index in [9.17, 15) is 27.2 Å². The van der Waals surface area contributed by atoms with Crippen molar-refractivity contribution in [3.05, 3.63) is 66.1 Å². The molecule has 2 aromatic carbocycles. The maximum absolute atomic E-state index is 14.6. The lowest BCUT2D eigenvalue weighted by molar-refractivity contribution is -0.161. The maximum Gasteiger partial charge on any atom is 0.406 e. The number of aromatic nitrogens is 3. The molecule has 0 bridgehead atoms. The molecule has 9 nitrogen and oxygen atoms in total. The van der Waals surface area contributed by atoms with Gasteiger partial charge >= 0.3 is 6.18 Å². The van der Waals surface area contributed by atoms with Crippen LogP contribution in [0.1, 0.15) is 10.4 Å². The van der Waals surface area contributed by atoms with Crippen molar-refractivity contribution in [1.29, 1.82) is 0 Å². The highest BCUT2D eigenvalue weighted by Crippen LogP contribution is 2.34. The number of hydrogen-bond donors (Lipinski definition) is 2. The standard InChI is InChI=1S/C26H22F4N6O3/c1-39-21-7-3-6-18(27)23(21)19-11-17-20(12-31-19)33-34-24(17)32-25(38)15-4-2-5-16(10-15)35-8-9-36(22(37)13-35)14-26(28,29)30/h2-7,10-12H,8-9,13-14H2,1H3,(H2,32,33,34,38). The molecule has 2 N–H and O–H groups in total. The number of rotatable bonds is 6. The second-order valence-corrected chi connectivity index (χ2v) is 8.86. The molecule has 0 aliphatic carbocycles. The Morgan fingerprint density at radius 3 is 2.69 bits per heavy atom. The van der Waals surface area contributed by atoms with Crippen molar-refractivity contribution < 1.29 is 31.9 Å². The zero-order valence-electron chi connectivity index (χ0n) is 20.6. The lowest BCUT2D eigenvalue weighted by atomic mass is 10.1. The third-order valence-corrected chi connectivity index (χ3v) is 6.29. The molecule has 5 rings (SSSR count). The Kier molecular flexibility index (Phi) is 6.81. The van der Waals surface area contributed by atoms with Crippen molar-refractivity contribution in [2.75, 3.05) is 43.5 Å². The number of fused-ring (bicyclic) bond motifs is 1. The molecule has 0 spiro atoms. The van der Waals surface area contributed by atoms with Gasteiger partial charge in [-0.3, -0.25) is 19.7 Å². The van der Waals surface area contributed by atoms with Gasteiger partial charge in [0.1, 0.15) is 18.1 Å². The van der Waals surface area contributed by atoms with Crippen LogP contribution in [-0.4, -0.2) is 71.4 Å². The van der Waals surface area contributed by atoms with Crippen molar-refractivity contribution in [1.82, 2.24) is 20.1 Å². The van der Waals surface area contributed by atoms with Gasteiger partial charge in [0.25, 0.3) is 5.91 Å². The van der Waals surface area contributed by atoms with Gasteiger partial charge < -0.3 is 19.9 Å². The molecule has 4 aromatic rings. The zero-order chi connectivity index (χ0) is 27.7. The van der Waals surface area contributed by atoms with E-state index < -0.39 is 30.4 Å². The molecule has 0 atom stereocenters. The third-order valence-electron chi connectivity index (χ3n) is 6.29. The minimum absolute atomic E-state index is 0.0861. The fraction of sp³-hybridized carbons (Fsp3) is 0.231. The zero-order valence-corrected chi connectivity index (χ0v) is 20.6. The summed E-state index contributed by atoms with van der Waals surface area (Å²) in [5.74, 6) is -1.19. The van der Waals surface area contributed by atoms with Crippen LogP contribution in [0.3, 0.4) is 0 Å². The molecule has 2 aromatic heterocycles. The molecule has 202 valence electrons. The number of aromatic amines is 1. The highest BCUT2D eigenvalue weighted by molar-refractivity contribution is 6.08. The van der Waals surface area contributed by atoms with Crippen LogP contribution in [0, 0.1) is 5.82 Å². The first-order valence-electron chi connectivity index (χ1n) is 11.8. The lowest BCUT2D eigenvalue weighted by Gasteiger charge is -2.36. The summed E-state index contributed by atoms with van der Waals surface area (Å²) in [5.41, 5.74) is 1.73. The molecular weight excluding hydrogens is 520 g/mol. The molecule has 0 unspecified atom stereocenters. The summed E-state index contributed by atoms with van der Waals surface area (Å²) in [7, 11) is 1.42. The Bertz CT molecular complexity index is 1550. The highest BCUT2D eigenvalue weighted by Gasteiger charge is 2.35. The summed E-state index contributed by atoms with van der Waals surface area (Å²) in [5, 5.41) is 10.1. The minimum atomic E-state index is -4.47. The quantitative estimate of drug-likeness (QED) is 0.354. The number of ether oxygens (including phenoxy) is 1. The Labute approximate surface area is 219 Å². The summed E-state index contributed by atoms with van der Waals surface area (Å²) in [4.78, 5) is 32.0. The number of anilines is 2. The van der Waals surface area contributed by atoms with E-state index in [4.69, 9.17) is 4.74 Å². The molecule has 0 radical (unpaired) electrons. The second kappa shape index (κ2) is 10.2. The summed E-state index contributed by atoms with van der Waals surface area (Å²) < 4.78 is 58.0. The molecule has 1 aliphatic heterocycles. The number of alkyl halides is 3. The number of pyridine rings is 1. The molecule has 39 heavy (non-hydrogen) atoms. The molecule has 1 aliphatic rings. The molecule has 3 heterocycles. The van der Waals surface area contributed by atoms with Gasteiger partial charge in [-0.05, 0) is 36.4 Å². The predicted molar refractivity (Wildman–Crippen MR) is 135 cm³/mol. The van der Waals surface area contributed by atoms with E-state index in [2.05, 4.69) is 20.5 Å². The molecule has 13 heteroatoms. The molecule has 1 saturated heterocycles. The van der Waals surface area contributed by atoms with Crippen molar-refractivity contribution >= 4 is 34.2 Å². The first kappa shape index (κ1) is 25.9. The van der Waals surface area contributed by atoms with Crippen LogP contribution in [-0.2, 0) is 4.79 Å². The number of piperazine rings is 1. The average Bonchev–Trinajstić information content (AvgIpc) is 3.30. The number of carbonyl (C=O) groups excluding carboxylic acids is 2. The maximum atomic E-state index is 14.6. The first-order chi connectivity index (χ1) is 18.6. The largest absolute Gasteiger partial charge is 0.496 e. The van der Waals surface area contributed by atoms with Crippen LogP contribution in [0.2, 0.25) is 0 Å². The number of nitrogens with one attached hydrogen (secondary N) is 2. The van der Waals surface area contributed by atoms with Crippen LogP contribution in [0.4, 0.5) is 29.1 Å². The normalized spacial score (nSPS) is 14.1. The van der Waals surface area contributed by atoms with E-state index in [0.29, 0.717) is 22.3 Å². The van der Waals surface area contributed by atoms with Crippen LogP contribution < -0.4 is 15.0 Å². The number of halogens is 4. The fourth-order valence-electron chi connectivity index (χ4n) is 4.41. The summed E-state index contributed by atoms with van der Waals surface area (Å²) in [6.07, 6.45) is -3.00. The third kappa shape index (κ3) is 5.47. The summed E-state index contributed by atoms with van der Waals surface area (Å²) in [6.45, 7) is -1.43. The van der Waals surface area contributed by atoms with E-state index in [1.807, 2.05) is 0 Å². The molecule has 2 amide bonds. The van der Waals surface area contributed by atoms with Crippen molar-refractivity contribution in [2.24, 2.45) is 0 Å². The highest BCUT2D eigenvalue weighted by atomic mass is 19.4. The number of H-pyrrole nitrogens is 1. The van der Waals surface area contributed by atoms with Gasteiger partial charge in [0.15, 0.2) is 5.82 Å². The fourth-order valence-corrected chi connectivity index (χ4v) is 4.41. The molecule has 0 saturated carbocycles. The van der Waals surface area contributed by atoms with Crippen LogP contribution in [0.25, 0.3) is 22.2 Å². The van der Waals surface area contributed by atoms with Gasteiger partial charge in [0.05, 0.1) is 36.6 Å². The van der Waals surface area contributed by atoms with Crippen molar-refractivity contribution in [3.63, 3.8) is 0 Å². The first-order valence-corrected chi connectivity index (χ1v) is 11.8. The molecular formula is C26H22F4N6O3. The van der Waals surface area contributed by atoms with Gasteiger partial charge in [0.2, 0.25) is 5.91 Å². The minimum Gasteiger partial charge on any atom is -0.496 e. The number of nitrogens with zero attached hydrogens (tertiary/aromatic N) is 4. The van der Waals surface area contributed by atoms with Crippen molar-refractivity contribution in [3.8, 4) is 17.0 Å². The van der Waals surface area contributed by atoms with Crippen LogP contribution >= 0.6 is 0 Å². The predicted octanol–water partition coefficient (Wildman–Crippen LogP) is 4.24. The number of carbonyl (C=O) groups is 2. The lowest BCUT2D eigenvalue weighted by Crippen LogP contribution is -2.53.